The van der Waals surface area contributed by atoms with Crippen molar-refractivity contribution in [3.05, 3.63) is 22.8 Å². The predicted octanol–water partition coefficient (Wildman–Crippen LogP) is 2.52. The molecule has 1 amide bonds. The van der Waals surface area contributed by atoms with Gasteiger partial charge in [-0.05, 0) is 18.1 Å². The molecule has 0 aliphatic heterocycles. The number of pyridine rings is 1. The second-order valence-corrected chi connectivity index (χ2v) is 5.32. The van der Waals surface area contributed by atoms with Crippen LogP contribution in [0.3, 0.4) is 0 Å². The highest BCUT2D eigenvalue weighted by Crippen LogP contribution is 2.19. The average Bonchev–Trinajstić information content (AvgIpc) is 2.43. The van der Waals surface area contributed by atoms with Gasteiger partial charge in [0, 0.05) is 27.2 Å². The summed E-state index contributed by atoms with van der Waals surface area (Å²) < 4.78 is 5.06. The molecular weight excluding hydrogens is 278 g/mol. The number of anilines is 1. The van der Waals surface area contributed by atoms with Gasteiger partial charge in [-0.3, -0.25) is 4.79 Å². The van der Waals surface area contributed by atoms with Crippen molar-refractivity contribution >= 4 is 23.3 Å². The Hall–Kier alpha value is -1.33. The summed E-state index contributed by atoms with van der Waals surface area (Å²) in [6.07, 6.45) is 0. The standard InChI is InChI=1S/C14H22ClN3O2/c1-10(2)9-18(7-8-20-4)14(19)13-11(15)5-6-12(16-3)17-13/h5-6,10H,7-9H2,1-4H3,(H,16,17). The SMILES string of the molecule is CNc1ccc(Cl)c(C(=O)N(CCOC)CC(C)C)n1. The van der Waals surface area contributed by atoms with E-state index < -0.39 is 0 Å². The van der Waals surface area contributed by atoms with Gasteiger partial charge in [0.15, 0.2) is 0 Å². The van der Waals surface area contributed by atoms with E-state index >= 15 is 0 Å². The van der Waals surface area contributed by atoms with Gasteiger partial charge < -0.3 is 15.0 Å². The Kier molecular flexibility index (Phi) is 6.75. The number of nitrogens with zero attached hydrogens (tertiary/aromatic N) is 2. The summed E-state index contributed by atoms with van der Waals surface area (Å²) in [6.45, 7) is 5.78. The fourth-order valence-electron chi connectivity index (χ4n) is 1.80. The van der Waals surface area contributed by atoms with Crippen LogP contribution < -0.4 is 5.32 Å². The molecule has 5 nitrogen and oxygen atoms in total. The number of aromatic nitrogens is 1. The minimum absolute atomic E-state index is 0.169. The maximum Gasteiger partial charge on any atom is 0.274 e. The van der Waals surface area contributed by atoms with E-state index in [1.807, 2.05) is 0 Å². The Bertz CT molecular complexity index is 452. The average molecular weight is 300 g/mol. The lowest BCUT2D eigenvalue weighted by Gasteiger charge is -2.24. The number of carbonyl (C=O) groups is 1. The van der Waals surface area contributed by atoms with E-state index in [2.05, 4.69) is 24.1 Å². The summed E-state index contributed by atoms with van der Waals surface area (Å²) in [5.41, 5.74) is 0.273. The van der Waals surface area contributed by atoms with Crippen molar-refractivity contribution in [2.45, 2.75) is 13.8 Å². The van der Waals surface area contributed by atoms with E-state index in [0.717, 1.165) is 0 Å². The number of hydrogen-bond acceptors (Lipinski definition) is 4. The molecule has 1 rings (SSSR count). The maximum absolute atomic E-state index is 12.6. The van der Waals surface area contributed by atoms with Crippen LogP contribution in [0.15, 0.2) is 12.1 Å². The Morgan fingerprint density at radius 1 is 1.50 bits per heavy atom. The van der Waals surface area contributed by atoms with Crippen LogP contribution in [0.1, 0.15) is 24.3 Å². The molecule has 0 unspecified atom stereocenters. The van der Waals surface area contributed by atoms with E-state index in [4.69, 9.17) is 16.3 Å². The molecule has 112 valence electrons. The Balaban J connectivity index is 2.97. The van der Waals surface area contributed by atoms with Crippen molar-refractivity contribution in [3.63, 3.8) is 0 Å². The zero-order valence-electron chi connectivity index (χ0n) is 12.4. The molecule has 0 aliphatic carbocycles. The van der Waals surface area contributed by atoms with E-state index in [0.29, 0.717) is 36.5 Å². The lowest BCUT2D eigenvalue weighted by atomic mass is 10.2. The molecule has 0 bridgehead atoms. The summed E-state index contributed by atoms with van der Waals surface area (Å²) in [5, 5.41) is 3.27. The molecule has 0 atom stereocenters. The fourth-order valence-corrected chi connectivity index (χ4v) is 1.99. The predicted molar refractivity (Wildman–Crippen MR) is 81.4 cm³/mol. The normalized spacial score (nSPS) is 10.7. The van der Waals surface area contributed by atoms with Crippen molar-refractivity contribution in [3.8, 4) is 0 Å². The van der Waals surface area contributed by atoms with Crippen LogP contribution in [0.4, 0.5) is 5.82 Å². The van der Waals surface area contributed by atoms with Crippen LogP contribution in [0.5, 0.6) is 0 Å². The number of carbonyl (C=O) groups excluding carboxylic acids is 1. The van der Waals surface area contributed by atoms with Crippen molar-refractivity contribution in [1.82, 2.24) is 9.88 Å². The van der Waals surface area contributed by atoms with Crippen LogP contribution in [0.2, 0.25) is 5.02 Å². The monoisotopic (exact) mass is 299 g/mol. The summed E-state index contributed by atoms with van der Waals surface area (Å²) in [7, 11) is 3.37. The first kappa shape index (κ1) is 16.7. The Morgan fingerprint density at radius 2 is 2.20 bits per heavy atom. The first-order valence-corrected chi connectivity index (χ1v) is 6.99. The van der Waals surface area contributed by atoms with Crippen LogP contribution in [0, 0.1) is 5.92 Å². The van der Waals surface area contributed by atoms with Gasteiger partial charge in [-0.15, -0.1) is 0 Å². The minimum atomic E-state index is -0.169. The second-order valence-electron chi connectivity index (χ2n) is 4.91. The molecule has 0 saturated heterocycles. The molecular formula is C14H22ClN3O2. The highest BCUT2D eigenvalue weighted by molar-refractivity contribution is 6.33. The molecule has 1 aromatic rings. The molecule has 0 radical (unpaired) electrons. The summed E-state index contributed by atoms with van der Waals surface area (Å²) in [5.74, 6) is 0.814. The third-order valence-electron chi connectivity index (χ3n) is 2.74. The maximum atomic E-state index is 12.6. The second kappa shape index (κ2) is 8.07. The zero-order valence-corrected chi connectivity index (χ0v) is 13.2. The van der Waals surface area contributed by atoms with Gasteiger partial charge in [0.1, 0.15) is 11.5 Å². The Labute approximate surface area is 125 Å². The third kappa shape index (κ3) is 4.65. The third-order valence-corrected chi connectivity index (χ3v) is 3.05. The van der Waals surface area contributed by atoms with Crippen molar-refractivity contribution in [2.24, 2.45) is 5.92 Å². The lowest BCUT2D eigenvalue weighted by Crippen LogP contribution is -2.37. The van der Waals surface area contributed by atoms with Crippen LogP contribution in [-0.4, -0.2) is 49.6 Å². The van der Waals surface area contributed by atoms with Crippen LogP contribution in [-0.2, 0) is 4.74 Å². The highest BCUT2D eigenvalue weighted by Gasteiger charge is 2.21. The topological polar surface area (TPSA) is 54.5 Å². The van der Waals surface area contributed by atoms with Gasteiger partial charge in [0.05, 0.1) is 11.6 Å². The van der Waals surface area contributed by atoms with Crippen molar-refractivity contribution in [1.29, 1.82) is 0 Å². The molecule has 0 fully saturated rings. The van der Waals surface area contributed by atoms with Gasteiger partial charge >= 0.3 is 0 Å². The van der Waals surface area contributed by atoms with Gasteiger partial charge in [0.2, 0.25) is 0 Å². The number of rotatable bonds is 7. The van der Waals surface area contributed by atoms with Gasteiger partial charge in [-0.2, -0.15) is 0 Å². The fraction of sp³-hybridized carbons (Fsp3) is 0.571. The van der Waals surface area contributed by atoms with Crippen molar-refractivity contribution in [2.75, 3.05) is 39.2 Å². The largest absolute Gasteiger partial charge is 0.383 e. The van der Waals surface area contributed by atoms with E-state index in [9.17, 15) is 4.79 Å². The van der Waals surface area contributed by atoms with E-state index in [-0.39, 0.29) is 11.6 Å². The molecule has 1 N–H and O–H groups in total. The molecule has 20 heavy (non-hydrogen) atoms. The van der Waals surface area contributed by atoms with Crippen LogP contribution in [0.25, 0.3) is 0 Å². The lowest BCUT2D eigenvalue weighted by molar-refractivity contribution is 0.0667. The van der Waals surface area contributed by atoms with Gasteiger partial charge in [0.25, 0.3) is 5.91 Å². The number of ether oxygens (including phenoxy) is 1. The van der Waals surface area contributed by atoms with Gasteiger partial charge in [-0.1, -0.05) is 25.4 Å². The number of nitrogens with one attached hydrogen (secondary N) is 1. The summed E-state index contributed by atoms with van der Waals surface area (Å²) in [6, 6.07) is 3.42. The molecule has 0 saturated carbocycles. The van der Waals surface area contributed by atoms with Crippen LogP contribution >= 0.6 is 11.6 Å². The number of hydrogen-bond donors (Lipinski definition) is 1. The zero-order chi connectivity index (χ0) is 15.1. The van der Waals surface area contributed by atoms with E-state index in [1.165, 1.54) is 0 Å². The number of halogens is 1. The molecule has 0 spiro atoms. The molecule has 1 aromatic heterocycles. The summed E-state index contributed by atoms with van der Waals surface area (Å²) >= 11 is 6.09. The summed E-state index contributed by atoms with van der Waals surface area (Å²) in [4.78, 5) is 18.5. The first-order valence-electron chi connectivity index (χ1n) is 6.62. The van der Waals surface area contributed by atoms with E-state index in [1.54, 1.807) is 31.2 Å². The number of methoxy groups -OCH3 is 1. The highest BCUT2D eigenvalue weighted by atomic mass is 35.5. The Morgan fingerprint density at radius 3 is 2.75 bits per heavy atom. The van der Waals surface area contributed by atoms with Gasteiger partial charge in [-0.25, -0.2) is 4.98 Å². The minimum Gasteiger partial charge on any atom is -0.383 e. The molecule has 0 aromatic carbocycles. The molecule has 0 aliphatic rings. The number of amides is 1. The first-order chi connectivity index (χ1) is 9.49. The molecule has 1 heterocycles. The smallest absolute Gasteiger partial charge is 0.274 e. The molecule has 6 heteroatoms. The van der Waals surface area contributed by atoms with Crippen molar-refractivity contribution < 1.29 is 9.53 Å². The quantitative estimate of drug-likeness (QED) is 0.840.